The van der Waals surface area contributed by atoms with Gasteiger partial charge < -0.3 is 21.3 Å². The number of carbonyl (C=O) groups excluding carboxylic acids is 2. The molecule has 0 radical (unpaired) electrons. The molecular formula is C20H31ClN4O2. The van der Waals surface area contributed by atoms with Crippen molar-refractivity contribution >= 4 is 30.0 Å². The number of nitrogens with zero attached hydrogens (tertiary/aromatic N) is 1. The molecule has 2 aliphatic rings. The first kappa shape index (κ1) is 21.5. The number of benzene rings is 1. The average molecular weight is 395 g/mol. The molecule has 1 aromatic rings. The molecule has 27 heavy (non-hydrogen) atoms. The van der Waals surface area contributed by atoms with Gasteiger partial charge >= 0.3 is 6.03 Å². The van der Waals surface area contributed by atoms with Gasteiger partial charge in [0, 0.05) is 24.8 Å². The van der Waals surface area contributed by atoms with Crippen molar-refractivity contribution in [2.24, 2.45) is 17.6 Å². The molecule has 6 nitrogen and oxygen atoms in total. The van der Waals surface area contributed by atoms with Gasteiger partial charge in [0.25, 0.3) is 0 Å². The minimum Gasteiger partial charge on any atom is -0.353 e. The van der Waals surface area contributed by atoms with Gasteiger partial charge in [-0.1, -0.05) is 31.0 Å². The molecule has 1 aliphatic heterocycles. The summed E-state index contributed by atoms with van der Waals surface area (Å²) in [4.78, 5) is 27.0. The molecule has 7 heteroatoms. The van der Waals surface area contributed by atoms with E-state index in [1.807, 2.05) is 30.3 Å². The van der Waals surface area contributed by atoms with Crippen LogP contribution in [0.25, 0.3) is 0 Å². The van der Waals surface area contributed by atoms with Crippen molar-refractivity contribution in [3.8, 4) is 0 Å². The van der Waals surface area contributed by atoms with Crippen LogP contribution in [-0.2, 0) is 4.79 Å². The first-order valence-corrected chi connectivity index (χ1v) is 9.79. The Bertz CT molecular complexity index is 613. The zero-order valence-corrected chi connectivity index (χ0v) is 16.5. The number of nitrogens with two attached hydrogens (primary N) is 1. The topological polar surface area (TPSA) is 87.5 Å². The molecular weight excluding hydrogens is 364 g/mol. The molecule has 3 rings (SSSR count). The molecule has 1 aromatic carbocycles. The Morgan fingerprint density at radius 3 is 2.56 bits per heavy atom. The molecule has 4 N–H and O–H groups in total. The third-order valence-electron chi connectivity index (χ3n) is 5.64. The lowest BCUT2D eigenvalue weighted by atomic mass is 9.84. The first-order valence-electron chi connectivity index (χ1n) is 9.79. The minimum atomic E-state index is -0.134. The molecule has 1 heterocycles. The SMILES string of the molecule is Cl.NCC1CCCCC1NC(=O)C1CCCN(C(=O)Nc2ccccc2)C1. The van der Waals surface area contributed by atoms with Gasteiger partial charge in [0.05, 0.1) is 5.92 Å². The van der Waals surface area contributed by atoms with Gasteiger partial charge in [0.15, 0.2) is 0 Å². The Labute approximate surface area is 167 Å². The number of amides is 3. The largest absolute Gasteiger partial charge is 0.353 e. The highest BCUT2D eigenvalue weighted by atomic mass is 35.5. The third kappa shape index (κ3) is 5.84. The maximum absolute atomic E-state index is 12.7. The maximum atomic E-state index is 12.7. The van der Waals surface area contributed by atoms with Crippen LogP contribution in [0.1, 0.15) is 38.5 Å². The van der Waals surface area contributed by atoms with Gasteiger partial charge in [-0.05, 0) is 50.3 Å². The number of rotatable bonds is 4. The Hall–Kier alpha value is -1.79. The smallest absolute Gasteiger partial charge is 0.321 e. The fourth-order valence-electron chi connectivity index (χ4n) is 4.08. The number of piperidine rings is 1. The highest BCUT2D eigenvalue weighted by molar-refractivity contribution is 5.90. The van der Waals surface area contributed by atoms with E-state index in [4.69, 9.17) is 5.73 Å². The molecule has 1 saturated carbocycles. The summed E-state index contributed by atoms with van der Waals surface area (Å²) in [6.07, 6.45) is 6.14. The van der Waals surface area contributed by atoms with Gasteiger partial charge in [0.1, 0.15) is 0 Å². The standard InChI is InChI=1S/C20H30N4O2.ClH/c21-13-15-7-4-5-11-18(15)23-19(25)16-8-6-12-24(14-16)20(26)22-17-9-2-1-3-10-17;/h1-3,9-10,15-16,18H,4-8,11-14,21H2,(H,22,26)(H,23,25);1H. The predicted molar refractivity (Wildman–Crippen MR) is 110 cm³/mol. The van der Waals surface area contributed by atoms with Crippen molar-refractivity contribution < 1.29 is 9.59 Å². The van der Waals surface area contributed by atoms with E-state index in [-0.39, 0.29) is 36.3 Å². The molecule has 0 bridgehead atoms. The highest BCUT2D eigenvalue weighted by Crippen LogP contribution is 2.25. The fourth-order valence-corrected chi connectivity index (χ4v) is 4.08. The molecule has 1 saturated heterocycles. The average Bonchev–Trinajstić information content (AvgIpc) is 2.69. The van der Waals surface area contributed by atoms with Crippen molar-refractivity contribution in [1.29, 1.82) is 0 Å². The molecule has 3 unspecified atom stereocenters. The number of para-hydroxylation sites is 1. The van der Waals surface area contributed by atoms with Crippen LogP contribution in [0, 0.1) is 11.8 Å². The molecule has 0 aromatic heterocycles. The van der Waals surface area contributed by atoms with Crippen LogP contribution in [0.2, 0.25) is 0 Å². The van der Waals surface area contributed by atoms with Crippen molar-refractivity contribution in [2.45, 2.75) is 44.6 Å². The van der Waals surface area contributed by atoms with E-state index >= 15 is 0 Å². The van der Waals surface area contributed by atoms with E-state index in [0.29, 0.717) is 25.6 Å². The highest BCUT2D eigenvalue weighted by Gasteiger charge is 2.32. The van der Waals surface area contributed by atoms with Crippen LogP contribution in [0.3, 0.4) is 0 Å². The summed E-state index contributed by atoms with van der Waals surface area (Å²) in [5, 5.41) is 6.13. The van der Waals surface area contributed by atoms with Crippen molar-refractivity contribution in [3.05, 3.63) is 30.3 Å². The fraction of sp³-hybridized carbons (Fsp3) is 0.600. The second kappa shape index (κ2) is 10.5. The van der Waals surface area contributed by atoms with E-state index in [9.17, 15) is 9.59 Å². The molecule has 3 amide bonds. The summed E-state index contributed by atoms with van der Waals surface area (Å²) >= 11 is 0. The number of nitrogens with one attached hydrogen (secondary N) is 2. The molecule has 2 fully saturated rings. The second-order valence-corrected chi connectivity index (χ2v) is 7.48. The lowest BCUT2D eigenvalue weighted by molar-refractivity contribution is -0.127. The lowest BCUT2D eigenvalue weighted by Crippen LogP contribution is -2.51. The summed E-state index contributed by atoms with van der Waals surface area (Å²) in [6.45, 7) is 1.79. The first-order chi connectivity index (χ1) is 12.7. The number of carbonyl (C=O) groups is 2. The second-order valence-electron chi connectivity index (χ2n) is 7.48. The molecule has 3 atom stereocenters. The van der Waals surface area contributed by atoms with Crippen molar-refractivity contribution in [2.75, 3.05) is 25.0 Å². The van der Waals surface area contributed by atoms with Gasteiger partial charge in [-0.15, -0.1) is 12.4 Å². The molecule has 0 spiro atoms. The van der Waals surface area contributed by atoms with Gasteiger partial charge in [-0.25, -0.2) is 4.79 Å². The maximum Gasteiger partial charge on any atom is 0.321 e. The Morgan fingerprint density at radius 2 is 1.81 bits per heavy atom. The van der Waals surface area contributed by atoms with Crippen LogP contribution >= 0.6 is 12.4 Å². The summed E-state index contributed by atoms with van der Waals surface area (Å²) in [5.74, 6) is 0.326. The van der Waals surface area contributed by atoms with Crippen LogP contribution in [-0.4, -0.2) is 42.5 Å². The lowest BCUT2D eigenvalue weighted by Gasteiger charge is -2.35. The summed E-state index contributed by atoms with van der Waals surface area (Å²) in [7, 11) is 0. The summed E-state index contributed by atoms with van der Waals surface area (Å²) in [5.41, 5.74) is 6.65. The Balaban J connectivity index is 0.00000261. The number of hydrogen-bond acceptors (Lipinski definition) is 3. The van der Waals surface area contributed by atoms with E-state index < -0.39 is 0 Å². The summed E-state index contributed by atoms with van der Waals surface area (Å²) < 4.78 is 0. The normalized spacial score (nSPS) is 25.2. The van der Waals surface area contributed by atoms with Gasteiger partial charge in [-0.2, -0.15) is 0 Å². The number of hydrogen-bond donors (Lipinski definition) is 3. The van der Waals surface area contributed by atoms with Crippen molar-refractivity contribution in [3.63, 3.8) is 0 Å². The van der Waals surface area contributed by atoms with E-state index in [0.717, 1.165) is 37.8 Å². The number of anilines is 1. The van der Waals surface area contributed by atoms with Gasteiger partial charge in [-0.3, -0.25) is 4.79 Å². The third-order valence-corrected chi connectivity index (χ3v) is 5.64. The Morgan fingerprint density at radius 1 is 1.07 bits per heavy atom. The molecule has 1 aliphatic carbocycles. The van der Waals surface area contributed by atoms with Crippen LogP contribution < -0.4 is 16.4 Å². The van der Waals surface area contributed by atoms with E-state index in [2.05, 4.69) is 10.6 Å². The van der Waals surface area contributed by atoms with Gasteiger partial charge in [0.2, 0.25) is 5.91 Å². The number of likely N-dealkylation sites (tertiary alicyclic amines) is 1. The van der Waals surface area contributed by atoms with E-state index in [1.165, 1.54) is 6.42 Å². The monoisotopic (exact) mass is 394 g/mol. The number of halogens is 1. The van der Waals surface area contributed by atoms with Crippen LogP contribution in [0.15, 0.2) is 30.3 Å². The Kier molecular flexibility index (Phi) is 8.38. The minimum absolute atomic E-state index is 0. The number of urea groups is 1. The zero-order chi connectivity index (χ0) is 18.4. The predicted octanol–water partition coefficient (Wildman–Crippen LogP) is 2.99. The van der Waals surface area contributed by atoms with Crippen molar-refractivity contribution in [1.82, 2.24) is 10.2 Å². The van der Waals surface area contributed by atoms with Crippen LogP contribution in [0.4, 0.5) is 10.5 Å². The zero-order valence-electron chi connectivity index (χ0n) is 15.7. The summed E-state index contributed by atoms with van der Waals surface area (Å²) in [6, 6.07) is 9.47. The van der Waals surface area contributed by atoms with Crippen LogP contribution in [0.5, 0.6) is 0 Å². The van der Waals surface area contributed by atoms with E-state index in [1.54, 1.807) is 4.90 Å². The molecule has 150 valence electrons. The quantitative estimate of drug-likeness (QED) is 0.733.